The molecular formula is C27H26N6O4S. The van der Waals surface area contributed by atoms with Crippen LogP contribution in [0.5, 0.6) is 0 Å². The Labute approximate surface area is 223 Å². The lowest BCUT2D eigenvalue weighted by molar-refractivity contribution is 0.0711. The van der Waals surface area contributed by atoms with E-state index in [1.54, 1.807) is 36.6 Å². The molecule has 0 bridgehead atoms. The second kappa shape index (κ2) is 11.3. The molecule has 11 heteroatoms. The minimum absolute atomic E-state index is 0.0971. The van der Waals surface area contributed by atoms with Crippen molar-refractivity contribution in [1.82, 2.24) is 25.9 Å². The first kappa shape index (κ1) is 25.2. The van der Waals surface area contributed by atoms with Crippen molar-refractivity contribution in [1.29, 1.82) is 0 Å². The number of nitrogens with zero attached hydrogens (tertiary/aromatic N) is 3. The van der Waals surface area contributed by atoms with Crippen LogP contribution >= 0.6 is 11.3 Å². The molecule has 1 saturated heterocycles. The van der Waals surface area contributed by atoms with Crippen molar-refractivity contribution in [2.75, 3.05) is 18.4 Å². The van der Waals surface area contributed by atoms with Crippen molar-refractivity contribution in [3.05, 3.63) is 88.1 Å². The van der Waals surface area contributed by atoms with E-state index in [0.29, 0.717) is 35.8 Å². The highest BCUT2D eigenvalue weighted by Gasteiger charge is 2.31. The number of aryl methyl sites for hydroxylation is 1. The van der Waals surface area contributed by atoms with Crippen molar-refractivity contribution in [3.8, 4) is 11.3 Å². The maximum Gasteiger partial charge on any atom is 0.337 e. The number of hydrogen-bond acceptors (Lipinski definition) is 7. The van der Waals surface area contributed by atoms with Crippen LogP contribution in [0.1, 0.15) is 50.4 Å². The van der Waals surface area contributed by atoms with E-state index in [-0.39, 0.29) is 17.5 Å². The highest BCUT2D eigenvalue weighted by atomic mass is 32.1. The highest BCUT2D eigenvalue weighted by Crippen LogP contribution is 2.32. The van der Waals surface area contributed by atoms with E-state index in [1.807, 2.05) is 41.3 Å². The number of hydrogen-bond donors (Lipinski definition) is 3. The minimum Gasteiger partial charge on any atom is -0.360 e. The van der Waals surface area contributed by atoms with Crippen molar-refractivity contribution >= 4 is 34.9 Å². The van der Waals surface area contributed by atoms with Crippen LogP contribution in [0.25, 0.3) is 11.3 Å². The van der Waals surface area contributed by atoms with Crippen LogP contribution in [0.2, 0.25) is 0 Å². The summed E-state index contributed by atoms with van der Waals surface area (Å²) in [4.78, 5) is 44.2. The van der Waals surface area contributed by atoms with Gasteiger partial charge in [-0.2, -0.15) is 0 Å². The monoisotopic (exact) mass is 530 g/mol. The van der Waals surface area contributed by atoms with E-state index in [0.717, 1.165) is 23.4 Å². The van der Waals surface area contributed by atoms with Gasteiger partial charge in [-0.1, -0.05) is 53.7 Å². The number of carbonyl (C=O) groups excluding carboxylic acids is 3. The Hall–Kier alpha value is -4.51. The number of likely N-dealkylation sites (tertiary alicyclic amines) is 1. The third kappa shape index (κ3) is 5.57. The van der Waals surface area contributed by atoms with Crippen LogP contribution in [-0.4, -0.2) is 46.0 Å². The standard InChI is InChI=1S/C27H26N6O4S/c1-17-22(23(32-37-17)18-8-4-2-5-9-18)26(35)33-14-12-19(13-15-33)25-29-21(16-38-25)24(34)30-31-27(36)28-20-10-6-3-7-11-20/h2-11,16,19H,12-15H2,1H3,(H,30,34)(H2,28,31,36). The summed E-state index contributed by atoms with van der Waals surface area (Å²) in [5.74, 6) is 0.0366. The molecule has 10 nitrogen and oxygen atoms in total. The van der Waals surface area contributed by atoms with Gasteiger partial charge in [0.25, 0.3) is 11.8 Å². The summed E-state index contributed by atoms with van der Waals surface area (Å²) in [6, 6.07) is 17.9. The zero-order valence-electron chi connectivity index (χ0n) is 20.6. The predicted octanol–water partition coefficient (Wildman–Crippen LogP) is 4.59. The first-order valence-corrected chi connectivity index (χ1v) is 13.1. The lowest BCUT2D eigenvalue weighted by Gasteiger charge is -2.31. The fourth-order valence-electron chi connectivity index (χ4n) is 4.35. The van der Waals surface area contributed by atoms with Crippen LogP contribution in [0.15, 0.2) is 70.6 Å². The van der Waals surface area contributed by atoms with Gasteiger partial charge in [-0.3, -0.25) is 15.0 Å². The first-order valence-electron chi connectivity index (χ1n) is 12.2. The molecule has 3 heterocycles. The van der Waals surface area contributed by atoms with Gasteiger partial charge in [0.15, 0.2) is 0 Å². The summed E-state index contributed by atoms with van der Waals surface area (Å²) in [7, 11) is 0. The zero-order valence-corrected chi connectivity index (χ0v) is 21.5. The molecular weight excluding hydrogens is 504 g/mol. The second-order valence-corrected chi connectivity index (χ2v) is 9.75. The number of benzene rings is 2. The van der Waals surface area contributed by atoms with E-state index < -0.39 is 11.9 Å². The highest BCUT2D eigenvalue weighted by molar-refractivity contribution is 7.09. The molecule has 194 valence electrons. The molecule has 5 rings (SSSR count). The number of hydrazine groups is 1. The third-order valence-electron chi connectivity index (χ3n) is 6.33. The topological polar surface area (TPSA) is 129 Å². The van der Waals surface area contributed by atoms with E-state index in [4.69, 9.17) is 4.52 Å². The molecule has 1 fully saturated rings. The van der Waals surface area contributed by atoms with Gasteiger partial charge in [0, 0.05) is 35.6 Å². The van der Waals surface area contributed by atoms with Gasteiger partial charge in [-0.25, -0.2) is 15.2 Å². The third-order valence-corrected chi connectivity index (χ3v) is 7.34. The smallest absolute Gasteiger partial charge is 0.337 e. The van der Waals surface area contributed by atoms with Crippen molar-refractivity contribution in [2.24, 2.45) is 0 Å². The summed E-state index contributed by atoms with van der Waals surface area (Å²) in [6.45, 7) is 2.87. The largest absolute Gasteiger partial charge is 0.360 e. The van der Waals surface area contributed by atoms with Gasteiger partial charge in [0.2, 0.25) is 0 Å². The lowest BCUT2D eigenvalue weighted by atomic mass is 9.96. The van der Waals surface area contributed by atoms with E-state index in [9.17, 15) is 14.4 Å². The summed E-state index contributed by atoms with van der Waals surface area (Å²) in [5, 5.41) is 9.26. The first-order chi connectivity index (χ1) is 18.5. The summed E-state index contributed by atoms with van der Waals surface area (Å²) >= 11 is 1.40. The number of nitrogens with one attached hydrogen (secondary N) is 3. The van der Waals surface area contributed by atoms with E-state index in [2.05, 4.69) is 26.3 Å². The molecule has 4 aromatic rings. The van der Waals surface area contributed by atoms with Crippen LogP contribution < -0.4 is 16.2 Å². The molecule has 2 aromatic heterocycles. The molecule has 0 aliphatic carbocycles. The number of amides is 4. The number of piperidine rings is 1. The van der Waals surface area contributed by atoms with Gasteiger partial charge < -0.3 is 14.7 Å². The Balaban J connectivity index is 1.15. The van der Waals surface area contributed by atoms with E-state index >= 15 is 0 Å². The molecule has 0 unspecified atom stereocenters. The number of rotatable bonds is 5. The molecule has 0 atom stereocenters. The molecule has 3 N–H and O–H groups in total. The van der Waals surface area contributed by atoms with E-state index in [1.165, 1.54) is 11.3 Å². The maximum atomic E-state index is 13.4. The summed E-state index contributed by atoms with van der Waals surface area (Å²) < 4.78 is 5.37. The SMILES string of the molecule is Cc1onc(-c2ccccc2)c1C(=O)N1CCC(c2nc(C(=O)NNC(=O)Nc3ccccc3)cs2)CC1. The van der Waals surface area contributed by atoms with Crippen LogP contribution in [-0.2, 0) is 0 Å². The predicted molar refractivity (Wildman–Crippen MR) is 143 cm³/mol. The Kier molecular flexibility index (Phi) is 7.45. The zero-order chi connectivity index (χ0) is 26.5. The summed E-state index contributed by atoms with van der Waals surface area (Å²) in [5.41, 5.74) is 7.42. The number of urea groups is 1. The van der Waals surface area contributed by atoms with Crippen molar-refractivity contribution < 1.29 is 18.9 Å². The van der Waals surface area contributed by atoms with Crippen molar-refractivity contribution in [2.45, 2.75) is 25.7 Å². The Morgan fingerprint density at radius 3 is 2.37 bits per heavy atom. The number of carbonyl (C=O) groups is 3. The number of aromatic nitrogens is 2. The molecule has 4 amide bonds. The number of anilines is 1. The van der Waals surface area contributed by atoms with Crippen molar-refractivity contribution in [3.63, 3.8) is 0 Å². The molecule has 0 spiro atoms. The van der Waals surface area contributed by atoms with Crippen LogP contribution in [0.4, 0.5) is 10.5 Å². The molecule has 1 aliphatic rings. The molecule has 2 aromatic carbocycles. The van der Waals surface area contributed by atoms with Gasteiger partial charge in [0.05, 0.1) is 5.01 Å². The number of thiazole rings is 1. The van der Waals surface area contributed by atoms with Crippen LogP contribution in [0.3, 0.4) is 0 Å². The molecule has 38 heavy (non-hydrogen) atoms. The number of para-hydroxylation sites is 1. The Morgan fingerprint density at radius 1 is 0.974 bits per heavy atom. The fraction of sp³-hybridized carbons (Fsp3) is 0.222. The van der Waals surface area contributed by atoms with Gasteiger partial charge in [-0.05, 0) is 31.9 Å². The Bertz CT molecular complexity index is 1430. The lowest BCUT2D eigenvalue weighted by Crippen LogP contribution is -2.44. The normalized spacial score (nSPS) is 13.7. The molecule has 0 radical (unpaired) electrons. The molecule has 0 saturated carbocycles. The average Bonchev–Trinajstić information content (AvgIpc) is 3.60. The van der Waals surface area contributed by atoms with Gasteiger partial charge >= 0.3 is 6.03 Å². The molecule has 1 aliphatic heterocycles. The van der Waals surface area contributed by atoms with Gasteiger partial charge in [-0.15, -0.1) is 11.3 Å². The maximum absolute atomic E-state index is 13.4. The fourth-order valence-corrected chi connectivity index (χ4v) is 5.32. The quantitative estimate of drug-likeness (QED) is 0.324. The average molecular weight is 531 g/mol. The second-order valence-electron chi connectivity index (χ2n) is 8.87. The van der Waals surface area contributed by atoms with Crippen LogP contribution in [0, 0.1) is 6.92 Å². The van der Waals surface area contributed by atoms with Gasteiger partial charge in [0.1, 0.15) is 22.7 Å². The minimum atomic E-state index is -0.560. The Morgan fingerprint density at radius 2 is 1.66 bits per heavy atom. The summed E-state index contributed by atoms with van der Waals surface area (Å²) in [6.07, 6.45) is 1.45.